The number of imidazole rings is 1. The van der Waals surface area contributed by atoms with Gasteiger partial charge in [0.2, 0.25) is 5.91 Å². The molecule has 114 valence electrons. The Morgan fingerprint density at radius 3 is 2.40 bits per heavy atom. The second-order valence-corrected chi connectivity index (χ2v) is 5.25. The van der Waals surface area contributed by atoms with Gasteiger partial charge in [-0.1, -0.05) is 19.3 Å². The molecule has 0 aliphatic heterocycles. The van der Waals surface area contributed by atoms with Crippen molar-refractivity contribution < 1.29 is 4.79 Å². The predicted octanol–water partition coefficient (Wildman–Crippen LogP) is 3.40. The third-order valence-corrected chi connectivity index (χ3v) is 3.83. The first kappa shape index (κ1) is 16.7. The van der Waals surface area contributed by atoms with Crippen LogP contribution in [0.25, 0.3) is 0 Å². The van der Waals surface area contributed by atoms with Gasteiger partial charge >= 0.3 is 0 Å². The Balaban J connectivity index is 2.00. The molecule has 0 saturated carbocycles. The van der Waals surface area contributed by atoms with Crippen LogP contribution in [-0.2, 0) is 11.3 Å². The first-order valence-corrected chi connectivity index (χ1v) is 7.94. The molecule has 0 aliphatic carbocycles. The molecule has 0 radical (unpaired) electrons. The summed E-state index contributed by atoms with van der Waals surface area (Å²) in [5, 5.41) is 0. The first-order chi connectivity index (χ1) is 9.69. The van der Waals surface area contributed by atoms with E-state index in [0.29, 0.717) is 12.3 Å². The largest absolute Gasteiger partial charge is 0.343 e. The van der Waals surface area contributed by atoms with E-state index in [1.165, 1.54) is 19.3 Å². The normalized spacial score (nSPS) is 10.8. The van der Waals surface area contributed by atoms with E-state index in [1.54, 1.807) is 0 Å². The molecule has 0 saturated heterocycles. The molecule has 1 heterocycles. The van der Waals surface area contributed by atoms with E-state index in [4.69, 9.17) is 0 Å². The van der Waals surface area contributed by atoms with Gasteiger partial charge in [-0.15, -0.1) is 0 Å². The van der Waals surface area contributed by atoms with Crippen LogP contribution in [0.3, 0.4) is 0 Å². The number of hydrogen-bond acceptors (Lipinski definition) is 2. The van der Waals surface area contributed by atoms with Crippen molar-refractivity contribution in [3.63, 3.8) is 0 Å². The van der Waals surface area contributed by atoms with E-state index in [-0.39, 0.29) is 0 Å². The Kier molecular flexibility index (Phi) is 8.00. The number of aryl methyl sites for hydroxylation is 2. The number of amides is 1. The van der Waals surface area contributed by atoms with Crippen LogP contribution < -0.4 is 0 Å². The summed E-state index contributed by atoms with van der Waals surface area (Å²) in [4.78, 5) is 17.9. The molecule has 0 bridgehead atoms. The van der Waals surface area contributed by atoms with Crippen LogP contribution in [0.1, 0.15) is 58.2 Å². The van der Waals surface area contributed by atoms with Gasteiger partial charge in [-0.05, 0) is 33.6 Å². The van der Waals surface area contributed by atoms with Gasteiger partial charge in [0.25, 0.3) is 0 Å². The Morgan fingerprint density at radius 1 is 1.15 bits per heavy atom. The Hall–Kier alpha value is -1.32. The average Bonchev–Trinajstić information content (AvgIpc) is 2.84. The highest BCUT2D eigenvalue weighted by Crippen LogP contribution is 2.09. The highest BCUT2D eigenvalue weighted by atomic mass is 16.2. The van der Waals surface area contributed by atoms with Crippen LogP contribution in [-0.4, -0.2) is 33.4 Å². The topological polar surface area (TPSA) is 38.1 Å². The summed E-state index contributed by atoms with van der Waals surface area (Å²) < 4.78 is 2.20. The minimum Gasteiger partial charge on any atom is -0.343 e. The first-order valence-electron chi connectivity index (χ1n) is 7.94. The predicted molar refractivity (Wildman–Crippen MR) is 82.6 cm³/mol. The van der Waals surface area contributed by atoms with E-state index in [9.17, 15) is 4.79 Å². The van der Waals surface area contributed by atoms with Crippen molar-refractivity contribution in [2.45, 2.75) is 65.8 Å². The molecule has 4 nitrogen and oxygen atoms in total. The average molecular weight is 279 g/mol. The molecule has 1 aromatic heterocycles. The number of hydrogen-bond donors (Lipinski definition) is 0. The second kappa shape index (κ2) is 9.56. The minimum atomic E-state index is 0.309. The summed E-state index contributed by atoms with van der Waals surface area (Å²) in [5.74, 6) is 1.40. The molecule has 0 fully saturated rings. The highest BCUT2D eigenvalue weighted by molar-refractivity contribution is 5.75. The van der Waals surface area contributed by atoms with Gasteiger partial charge in [-0.2, -0.15) is 0 Å². The van der Waals surface area contributed by atoms with E-state index >= 15 is 0 Å². The maximum absolute atomic E-state index is 11.8. The van der Waals surface area contributed by atoms with E-state index < -0.39 is 0 Å². The van der Waals surface area contributed by atoms with E-state index in [0.717, 1.165) is 38.3 Å². The summed E-state index contributed by atoms with van der Waals surface area (Å²) in [7, 11) is 0. The maximum atomic E-state index is 11.8. The van der Waals surface area contributed by atoms with Gasteiger partial charge in [0, 0.05) is 38.4 Å². The lowest BCUT2D eigenvalue weighted by molar-refractivity contribution is -0.130. The molecular formula is C16H29N3O. The zero-order valence-corrected chi connectivity index (χ0v) is 13.3. The molecule has 0 N–H and O–H groups in total. The number of unbranched alkanes of at least 4 members (excludes halogenated alkanes) is 4. The smallest absolute Gasteiger partial charge is 0.222 e. The minimum absolute atomic E-state index is 0.309. The lowest BCUT2D eigenvalue weighted by atomic mass is 10.1. The lowest BCUT2D eigenvalue weighted by Crippen LogP contribution is -2.30. The third-order valence-electron chi connectivity index (χ3n) is 3.83. The van der Waals surface area contributed by atoms with Crippen LogP contribution in [0.15, 0.2) is 12.4 Å². The molecular weight excluding hydrogens is 250 g/mol. The molecule has 1 amide bonds. The van der Waals surface area contributed by atoms with Crippen molar-refractivity contribution in [3.8, 4) is 0 Å². The summed E-state index contributed by atoms with van der Waals surface area (Å²) in [5.41, 5.74) is 0. The Bertz CT molecular complexity index is 383. The number of carbonyl (C=O) groups is 1. The van der Waals surface area contributed by atoms with Crippen molar-refractivity contribution in [3.05, 3.63) is 18.2 Å². The Labute approximate surface area is 123 Å². The fraction of sp³-hybridized carbons (Fsp3) is 0.750. The SMILES string of the molecule is CCN(CC)C(=O)CCCCCCCn1ccnc1C. The molecule has 0 atom stereocenters. The summed E-state index contributed by atoms with van der Waals surface area (Å²) in [6.07, 6.45) is 10.4. The second-order valence-electron chi connectivity index (χ2n) is 5.25. The summed E-state index contributed by atoms with van der Waals surface area (Å²) in [6.45, 7) is 8.85. The number of aromatic nitrogens is 2. The lowest BCUT2D eigenvalue weighted by Gasteiger charge is -2.18. The molecule has 20 heavy (non-hydrogen) atoms. The number of carbonyl (C=O) groups excluding carboxylic acids is 1. The van der Waals surface area contributed by atoms with Crippen molar-refractivity contribution in [1.29, 1.82) is 0 Å². The summed E-state index contributed by atoms with van der Waals surface area (Å²) >= 11 is 0. The number of rotatable bonds is 10. The molecule has 0 spiro atoms. The van der Waals surface area contributed by atoms with E-state index in [2.05, 4.69) is 9.55 Å². The van der Waals surface area contributed by atoms with Gasteiger partial charge in [-0.3, -0.25) is 4.79 Å². The van der Waals surface area contributed by atoms with Crippen LogP contribution in [0, 0.1) is 6.92 Å². The molecule has 1 aromatic rings. The standard InChI is InChI=1S/C16H29N3O/c1-4-18(5-2)16(20)11-9-7-6-8-10-13-19-14-12-17-15(19)3/h12,14H,4-11,13H2,1-3H3. The van der Waals surface area contributed by atoms with Gasteiger partial charge in [-0.25, -0.2) is 4.98 Å². The van der Waals surface area contributed by atoms with Crippen LogP contribution >= 0.6 is 0 Å². The van der Waals surface area contributed by atoms with Gasteiger partial charge in [0.15, 0.2) is 0 Å². The van der Waals surface area contributed by atoms with Crippen molar-refractivity contribution in [2.24, 2.45) is 0 Å². The molecule has 1 rings (SSSR count). The van der Waals surface area contributed by atoms with E-state index in [1.807, 2.05) is 38.1 Å². The van der Waals surface area contributed by atoms with Gasteiger partial charge < -0.3 is 9.47 Å². The van der Waals surface area contributed by atoms with Gasteiger partial charge in [0.1, 0.15) is 5.82 Å². The molecule has 0 aliphatic rings. The zero-order chi connectivity index (χ0) is 14.8. The van der Waals surface area contributed by atoms with Crippen LogP contribution in [0.2, 0.25) is 0 Å². The van der Waals surface area contributed by atoms with Crippen LogP contribution in [0.5, 0.6) is 0 Å². The monoisotopic (exact) mass is 279 g/mol. The Morgan fingerprint density at radius 2 is 1.80 bits per heavy atom. The summed E-state index contributed by atoms with van der Waals surface area (Å²) in [6, 6.07) is 0. The fourth-order valence-electron chi connectivity index (χ4n) is 2.46. The van der Waals surface area contributed by atoms with Gasteiger partial charge in [0.05, 0.1) is 0 Å². The molecule has 0 unspecified atom stereocenters. The quantitative estimate of drug-likeness (QED) is 0.616. The van der Waals surface area contributed by atoms with Crippen molar-refractivity contribution in [1.82, 2.24) is 14.5 Å². The third kappa shape index (κ3) is 5.76. The zero-order valence-electron chi connectivity index (χ0n) is 13.3. The molecule has 0 aromatic carbocycles. The van der Waals surface area contributed by atoms with Crippen molar-refractivity contribution >= 4 is 5.91 Å². The van der Waals surface area contributed by atoms with Crippen LogP contribution in [0.4, 0.5) is 0 Å². The fourth-order valence-corrected chi connectivity index (χ4v) is 2.46. The number of nitrogens with zero attached hydrogens (tertiary/aromatic N) is 3. The maximum Gasteiger partial charge on any atom is 0.222 e. The van der Waals surface area contributed by atoms with Crippen molar-refractivity contribution in [2.75, 3.05) is 13.1 Å². The highest BCUT2D eigenvalue weighted by Gasteiger charge is 2.08. The molecule has 4 heteroatoms.